The van der Waals surface area contributed by atoms with Gasteiger partial charge in [0.2, 0.25) is 0 Å². The average molecular weight is 288 g/mol. The molecule has 0 rings (SSSR count). The highest BCUT2D eigenvalue weighted by atomic mass is 16.5. The summed E-state index contributed by atoms with van der Waals surface area (Å²) in [6.45, 7) is 2.01. The van der Waals surface area contributed by atoms with Crippen molar-refractivity contribution in [2.75, 3.05) is 34.0 Å². The Morgan fingerprint density at radius 1 is 0.900 bits per heavy atom. The van der Waals surface area contributed by atoms with Gasteiger partial charge in [0.15, 0.2) is 11.6 Å². The van der Waals surface area contributed by atoms with Crippen LogP contribution in [0.5, 0.6) is 0 Å². The SMILES string of the molecule is CCOC(=O)C(C(=O)COC)C(C(C)=O)C(=O)COC. The monoisotopic (exact) mass is 288 g/mol. The molecule has 114 valence electrons. The van der Waals surface area contributed by atoms with Gasteiger partial charge in [-0.05, 0) is 13.8 Å². The molecule has 2 unspecified atom stereocenters. The van der Waals surface area contributed by atoms with Gasteiger partial charge in [0, 0.05) is 14.2 Å². The first-order valence-corrected chi connectivity index (χ1v) is 6.11. The summed E-state index contributed by atoms with van der Waals surface area (Å²) in [7, 11) is 2.56. The Labute approximate surface area is 117 Å². The minimum Gasteiger partial charge on any atom is -0.465 e. The predicted molar refractivity (Wildman–Crippen MR) is 68.1 cm³/mol. The zero-order valence-corrected chi connectivity index (χ0v) is 12.1. The third kappa shape index (κ3) is 5.18. The summed E-state index contributed by atoms with van der Waals surface area (Å²) >= 11 is 0. The molecule has 0 amide bonds. The molecule has 0 saturated heterocycles. The number of hydrogen-bond donors (Lipinski definition) is 0. The molecular formula is C13H20O7. The Balaban J connectivity index is 5.41. The largest absolute Gasteiger partial charge is 0.465 e. The van der Waals surface area contributed by atoms with E-state index in [4.69, 9.17) is 4.74 Å². The van der Waals surface area contributed by atoms with Crippen LogP contribution in [0.15, 0.2) is 0 Å². The fourth-order valence-electron chi connectivity index (χ4n) is 1.80. The molecule has 7 heteroatoms. The second-order valence-corrected chi connectivity index (χ2v) is 4.12. The lowest BCUT2D eigenvalue weighted by Gasteiger charge is -2.21. The summed E-state index contributed by atoms with van der Waals surface area (Å²) in [6.07, 6.45) is 0. The quantitative estimate of drug-likeness (QED) is 0.406. The second-order valence-electron chi connectivity index (χ2n) is 4.12. The number of carbonyl (C=O) groups is 4. The van der Waals surface area contributed by atoms with Gasteiger partial charge in [-0.1, -0.05) is 0 Å². The fourth-order valence-corrected chi connectivity index (χ4v) is 1.80. The first kappa shape index (κ1) is 18.4. The maximum absolute atomic E-state index is 11.9. The van der Waals surface area contributed by atoms with E-state index in [1.165, 1.54) is 14.2 Å². The molecule has 0 aliphatic carbocycles. The molecule has 0 heterocycles. The lowest BCUT2D eigenvalue weighted by molar-refractivity contribution is -0.160. The molecular weight excluding hydrogens is 268 g/mol. The van der Waals surface area contributed by atoms with E-state index >= 15 is 0 Å². The molecule has 0 aliphatic heterocycles. The number of ketones is 3. The van der Waals surface area contributed by atoms with E-state index in [0.717, 1.165) is 6.92 Å². The van der Waals surface area contributed by atoms with Crippen LogP contribution in [0.4, 0.5) is 0 Å². The van der Waals surface area contributed by atoms with E-state index in [1.54, 1.807) is 6.92 Å². The van der Waals surface area contributed by atoms with Crippen molar-refractivity contribution in [1.29, 1.82) is 0 Å². The van der Waals surface area contributed by atoms with Crippen molar-refractivity contribution in [3.05, 3.63) is 0 Å². The van der Waals surface area contributed by atoms with Gasteiger partial charge >= 0.3 is 5.97 Å². The standard InChI is InChI=1S/C13H20O7/c1-5-20-13(17)12(10(16)7-19-4)11(8(2)14)9(15)6-18-3/h11-12H,5-7H2,1-4H3. The van der Waals surface area contributed by atoms with Gasteiger partial charge in [-0.2, -0.15) is 0 Å². The number of esters is 1. The van der Waals surface area contributed by atoms with Crippen LogP contribution in [0, 0.1) is 11.8 Å². The lowest BCUT2D eigenvalue weighted by Crippen LogP contribution is -2.43. The zero-order chi connectivity index (χ0) is 15.7. The van der Waals surface area contributed by atoms with Crippen molar-refractivity contribution < 1.29 is 33.4 Å². The van der Waals surface area contributed by atoms with Gasteiger partial charge in [-0.25, -0.2) is 0 Å². The van der Waals surface area contributed by atoms with Gasteiger partial charge in [-0.3, -0.25) is 19.2 Å². The summed E-state index contributed by atoms with van der Waals surface area (Å²) in [5, 5.41) is 0. The molecule has 0 radical (unpaired) electrons. The third-order valence-corrected chi connectivity index (χ3v) is 2.58. The Morgan fingerprint density at radius 3 is 1.70 bits per heavy atom. The minimum atomic E-state index is -1.49. The maximum atomic E-state index is 11.9. The topological polar surface area (TPSA) is 96.0 Å². The highest BCUT2D eigenvalue weighted by Gasteiger charge is 2.42. The number of ether oxygens (including phenoxy) is 3. The molecule has 2 atom stereocenters. The molecule has 0 fully saturated rings. The zero-order valence-electron chi connectivity index (χ0n) is 12.1. The smallest absolute Gasteiger partial charge is 0.317 e. The van der Waals surface area contributed by atoms with E-state index < -0.39 is 35.2 Å². The fraction of sp³-hybridized carbons (Fsp3) is 0.692. The van der Waals surface area contributed by atoms with Crippen molar-refractivity contribution in [1.82, 2.24) is 0 Å². The average Bonchev–Trinajstić information content (AvgIpc) is 2.35. The Hall–Kier alpha value is -1.60. The highest BCUT2D eigenvalue weighted by Crippen LogP contribution is 2.19. The molecule has 0 bridgehead atoms. The van der Waals surface area contributed by atoms with Gasteiger partial charge in [0.1, 0.15) is 24.9 Å². The van der Waals surface area contributed by atoms with Crippen LogP contribution in [0.25, 0.3) is 0 Å². The molecule has 0 aliphatic rings. The summed E-state index contributed by atoms with van der Waals surface area (Å²) in [4.78, 5) is 47.4. The lowest BCUT2D eigenvalue weighted by atomic mass is 9.83. The van der Waals surface area contributed by atoms with Gasteiger partial charge < -0.3 is 14.2 Å². The summed E-state index contributed by atoms with van der Waals surface area (Å²) < 4.78 is 14.1. The summed E-state index contributed by atoms with van der Waals surface area (Å²) in [6, 6.07) is 0. The third-order valence-electron chi connectivity index (χ3n) is 2.58. The van der Waals surface area contributed by atoms with Crippen LogP contribution in [-0.4, -0.2) is 57.4 Å². The van der Waals surface area contributed by atoms with Gasteiger partial charge in [-0.15, -0.1) is 0 Å². The Kier molecular flexibility index (Phi) is 8.58. The van der Waals surface area contributed by atoms with E-state index in [9.17, 15) is 19.2 Å². The van der Waals surface area contributed by atoms with Crippen molar-refractivity contribution in [2.45, 2.75) is 13.8 Å². The molecule has 0 spiro atoms. The number of methoxy groups -OCH3 is 2. The predicted octanol–water partition coefficient (Wildman–Crippen LogP) is -0.198. The van der Waals surface area contributed by atoms with Crippen LogP contribution in [0.1, 0.15) is 13.8 Å². The van der Waals surface area contributed by atoms with Crippen LogP contribution in [0.2, 0.25) is 0 Å². The van der Waals surface area contributed by atoms with Gasteiger partial charge in [0.25, 0.3) is 0 Å². The number of Topliss-reactive ketones (excluding diaryl/α,β-unsaturated/α-hetero) is 3. The molecule has 0 aromatic heterocycles. The summed E-state index contributed by atoms with van der Waals surface area (Å²) in [5.41, 5.74) is 0. The van der Waals surface area contributed by atoms with E-state index in [1.807, 2.05) is 0 Å². The van der Waals surface area contributed by atoms with Gasteiger partial charge in [0.05, 0.1) is 12.5 Å². The van der Waals surface area contributed by atoms with Crippen molar-refractivity contribution in [3.63, 3.8) is 0 Å². The van der Waals surface area contributed by atoms with Crippen LogP contribution in [-0.2, 0) is 33.4 Å². The molecule has 0 saturated carbocycles. The Morgan fingerprint density at radius 2 is 1.35 bits per heavy atom. The molecule has 7 nitrogen and oxygen atoms in total. The number of rotatable bonds is 10. The molecule has 0 aromatic rings. The van der Waals surface area contributed by atoms with Crippen LogP contribution in [0.3, 0.4) is 0 Å². The molecule has 0 N–H and O–H groups in total. The van der Waals surface area contributed by atoms with Crippen LogP contribution >= 0.6 is 0 Å². The first-order valence-electron chi connectivity index (χ1n) is 6.11. The van der Waals surface area contributed by atoms with Crippen molar-refractivity contribution in [3.8, 4) is 0 Å². The second kappa shape index (κ2) is 9.33. The normalized spacial score (nSPS) is 13.4. The van der Waals surface area contributed by atoms with Crippen LogP contribution < -0.4 is 0 Å². The minimum absolute atomic E-state index is 0.0404. The maximum Gasteiger partial charge on any atom is 0.317 e. The Bertz CT molecular complexity index is 357. The number of carbonyl (C=O) groups excluding carboxylic acids is 4. The first-order chi connectivity index (χ1) is 9.40. The summed E-state index contributed by atoms with van der Waals surface area (Å²) in [5.74, 6) is -5.70. The molecule has 0 aromatic carbocycles. The van der Waals surface area contributed by atoms with E-state index in [2.05, 4.69) is 9.47 Å². The number of hydrogen-bond acceptors (Lipinski definition) is 7. The highest BCUT2D eigenvalue weighted by molar-refractivity contribution is 6.12. The van der Waals surface area contributed by atoms with E-state index in [-0.39, 0.29) is 19.8 Å². The van der Waals surface area contributed by atoms with E-state index in [0.29, 0.717) is 0 Å². The van der Waals surface area contributed by atoms with Crippen molar-refractivity contribution in [2.24, 2.45) is 11.8 Å². The van der Waals surface area contributed by atoms with Crippen molar-refractivity contribution >= 4 is 23.3 Å². The molecule has 20 heavy (non-hydrogen) atoms.